The lowest BCUT2D eigenvalue weighted by atomic mass is 10.1. The number of hydrogen-bond acceptors (Lipinski definition) is 3. The molecule has 0 atom stereocenters. The Kier molecular flexibility index (Phi) is 5.44. The van der Waals surface area contributed by atoms with Gasteiger partial charge in [-0.15, -0.1) is 0 Å². The van der Waals surface area contributed by atoms with E-state index in [1.807, 2.05) is 6.92 Å². The summed E-state index contributed by atoms with van der Waals surface area (Å²) in [6.45, 7) is 3.68. The molecule has 0 saturated heterocycles. The predicted molar refractivity (Wildman–Crippen MR) is 77.4 cm³/mol. The number of carbonyl (C=O) groups excluding carboxylic acids is 1. The Morgan fingerprint density at radius 1 is 1.37 bits per heavy atom. The molecule has 0 aliphatic heterocycles. The largest absolute Gasteiger partial charge is 0.478 e. The maximum absolute atomic E-state index is 11.4. The third-order valence-electron chi connectivity index (χ3n) is 2.45. The number of nitrogens with one attached hydrogen (secondary N) is 2. The van der Waals surface area contributed by atoms with Gasteiger partial charge in [0.2, 0.25) is 5.91 Å². The number of carbonyl (C=O) groups is 2. The standard InChI is InChI=1S/C13H16N2O3S/c1-3-4-11(16)15-13(19)14-10-6-5-9(12(17)18)7-8(10)2/h5-7H,3-4H2,1-2H3,(H,17,18)(H2,14,15,16,19). The molecule has 1 aromatic rings. The van der Waals surface area contributed by atoms with Gasteiger partial charge in [-0.2, -0.15) is 0 Å². The summed E-state index contributed by atoms with van der Waals surface area (Å²) >= 11 is 5.01. The lowest BCUT2D eigenvalue weighted by Crippen LogP contribution is -2.34. The van der Waals surface area contributed by atoms with Gasteiger partial charge in [-0.1, -0.05) is 6.92 Å². The number of thiocarbonyl (C=S) groups is 1. The van der Waals surface area contributed by atoms with E-state index in [1.165, 1.54) is 6.07 Å². The van der Waals surface area contributed by atoms with E-state index in [9.17, 15) is 9.59 Å². The van der Waals surface area contributed by atoms with Crippen LogP contribution < -0.4 is 10.6 Å². The summed E-state index contributed by atoms with van der Waals surface area (Å²) in [4.78, 5) is 22.2. The van der Waals surface area contributed by atoms with Crippen LogP contribution in [0.4, 0.5) is 5.69 Å². The van der Waals surface area contributed by atoms with Gasteiger partial charge < -0.3 is 15.7 Å². The van der Waals surface area contributed by atoms with E-state index in [1.54, 1.807) is 19.1 Å². The molecule has 6 heteroatoms. The number of hydrogen-bond donors (Lipinski definition) is 3. The first kappa shape index (κ1) is 15.1. The van der Waals surface area contributed by atoms with E-state index in [2.05, 4.69) is 10.6 Å². The molecule has 0 aliphatic rings. The maximum atomic E-state index is 11.4. The third kappa shape index (κ3) is 4.67. The van der Waals surface area contributed by atoms with Gasteiger partial charge in [0.15, 0.2) is 5.11 Å². The minimum Gasteiger partial charge on any atom is -0.478 e. The second-order valence-electron chi connectivity index (χ2n) is 4.09. The lowest BCUT2D eigenvalue weighted by Gasteiger charge is -2.11. The van der Waals surface area contributed by atoms with Crippen LogP contribution in [0.15, 0.2) is 18.2 Å². The van der Waals surface area contributed by atoms with Gasteiger partial charge in [-0.3, -0.25) is 4.79 Å². The van der Waals surface area contributed by atoms with E-state index in [-0.39, 0.29) is 16.6 Å². The van der Waals surface area contributed by atoms with Crippen LogP contribution in [0.5, 0.6) is 0 Å². The number of rotatable bonds is 4. The van der Waals surface area contributed by atoms with Crippen LogP contribution in [0.1, 0.15) is 35.7 Å². The first-order valence-corrected chi connectivity index (χ1v) is 6.29. The second kappa shape index (κ2) is 6.84. The summed E-state index contributed by atoms with van der Waals surface area (Å²) in [6.07, 6.45) is 1.17. The van der Waals surface area contributed by atoms with Crippen molar-refractivity contribution in [1.82, 2.24) is 5.32 Å². The summed E-state index contributed by atoms with van der Waals surface area (Å²) in [5.41, 5.74) is 1.63. The third-order valence-corrected chi connectivity index (χ3v) is 2.66. The molecule has 1 aromatic carbocycles. The number of carboxylic acids is 1. The zero-order valence-electron chi connectivity index (χ0n) is 10.8. The van der Waals surface area contributed by atoms with Crippen molar-refractivity contribution < 1.29 is 14.7 Å². The number of carboxylic acid groups (broad SMARTS) is 1. The zero-order valence-corrected chi connectivity index (χ0v) is 11.6. The van der Waals surface area contributed by atoms with Gasteiger partial charge >= 0.3 is 5.97 Å². The molecule has 0 fully saturated rings. The van der Waals surface area contributed by atoms with Gasteiger partial charge in [0, 0.05) is 12.1 Å². The van der Waals surface area contributed by atoms with Crippen molar-refractivity contribution in [2.75, 3.05) is 5.32 Å². The van der Waals surface area contributed by atoms with Crippen molar-refractivity contribution in [2.45, 2.75) is 26.7 Å². The quantitative estimate of drug-likeness (QED) is 0.738. The van der Waals surface area contributed by atoms with Crippen LogP contribution in [0.25, 0.3) is 0 Å². The fourth-order valence-corrected chi connectivity index (χ4v) is 1.73. The number of aromatic carboxylic acids is 1. The molecule has 102 valence electrons. The molecule has 0 aliphatic carbocycles. The van der Waals surface area contributed by atoms with Crippen LogP contribution >= 0.6 is 12.2 Å². The molecule has 0 unspecified atom stereocenters. The van der Waals surface area contributed by atoms with E-state index in [0.717, 1.165) is 12.0 Å². The summed E-state index contributed by atoms with van der Waals surface area (Å²) < 4.78 is 0. The van der Waals surface area contributed by atoms with Gasteiger partial charge in [-0.05, 0) is 49.3 Å². The highest BCUT2D eigenvalue weighted by Gasteiger charge is 2.08. The Balaban J connectivity index is 2.69. The average molecular weight is 280 g/mol. The molecule has 1 amide bonds. The minimum atomic E-state index is -0.978. The number of benzene rings is 1. The summed E-state index contributed by atoms with van der Waals surface area (Å²) in [5, 5.41) is 14.5. The monoisotopic (exact) mass is 280 g/mol. The van der Waals surface area contributed by atoms with Gasteiger partial charge in [-0.25, -0.2) is 4.79 Å². The number of amides is 1. The Hall–Kier alpha value is -1.95. The number of anilines is 1. The van der Waals surface area contributed by atoms with E-state index < -0.39 is 5.97 Å². The lowest BCUT2D eigenvalue weighted by molar-refractivity contribution is -0.119. The van der Waals surface area contributed by atoms with Crippen LogP contribution in [-0.2, 0) is 4.79 Å². The van der Waals surface area contributed by atoms with Crippen LogP contribution in [0.2, 0.25) is 0 Å². The highest BCUT2D eigenvalue weighted by molar-refractivity contribution is 7.80. The molecule has 0 saturated carbocycles. The molecule has 0 aromatic heterocycles. The highest BCUT2D eigenvalue weighted by atomic mass is 32.1. The minimum absolute atomic E-state index is 0.139. The summed E-state index contributed by atoms with van der Waals surface area (Å²) in [5.74, 6) is -1.12. The van der Waals surface area contributed by atoms with Gasteiger partial charge in [0.1, 0.15) is 0 Å². The zero-order chi connectivity index (χ0) is 14.4. The van der Waals surface area contributed by atoms with Crippen molar-refractivity contribution in [3.05, 3.63) is 29.3 Å². The van der Waals surface area contributed by atoms with Crippen LogP contribution in [0.3, 0.4) is 0 Å². The molecule has 0 heterocycles. The molecule has 0 spiro atoms. The van der Waals surface area contributed by atoms with E-state index in [0.29, 0.717) is 12.1 Å². The fourth-order valence-electron chi connectivity index (χ4n) is 1.51. The van der Waals surface area contributed by atoms with Crippen LogP contribution in [0, 0.1) is 6.92 Å². The normalized spacial score (nSPS) is 9.79. The molecule has 1 rings (SSSR count). The molecule has 5 nitrogen and oxygen atoms in total. The van der Waals surface area contributed by atoms with E-state index in [4.69, 9.17) is 17.3 Å². The maximum Gasteiger partial charge on any atom is 0.335 e. The summed E-state index contributed by atoms with van der Waals surface area (Å²) in [6, 6.07) is 4.65. The molecular formula is C13H16N2O3S. The predicted octanol–water partition coefficient (Wildman–Crippen LogP) is 2.31. The van der Waals surface area contributed by atoms with Crippen molar-refractivity contribution >= 4 is 34.9 Å². The van der Waals surface area contributed by atoms with Crippen molar-refractivity contribution in [3.63, 3.8) is 0 Å². The average Bonchev–Trinajstić information content (AvgIpc) is 2.31. The number of aryl methyl sites for hydroxylation is 1. The Morgan fingerprint density at radius 3 is 2.58 bits per heavy atom. The molecule has 3 N–H and O–H groups in total. The molecule has 19 heavy (non-hydrogen) atoms. The SMILES string of the molecule is CCCC(=O)NC(=S)Nc1ccc(C(=O)O)cc1C. The topological polar surface area (TPSA) is 78.4 Å². The second-order valence-corrected chi connectivity index (χ2v) is 4.50. The first-order chi connectivity index (χ1) is 8.93. The Morgan fingerprint density at radius 2 is 2.05 bits per heavy atom. The van der Waals surface area contributed by atoms with Gasteiger partial charge in [0.25, 0.3) is 0 Å². The molecule has 0 bridgehead atoms. The van der Waals surface area contributed by atoms with Crippen LogP contribution in [-0.4, -0.2) is 22.1 Å². The Labute approximate surface area is 117 Å². The smallest absolute Gasteiger partial charge is 0.335 e. The Bertz CT molecular complexity index is 515. The highest BCUT2D eigenvalue weighted by Crippen LogP contribution is 2.16. The first-order valence-electron chi connectivity index (χ1n) is 5.88. The van der Waals surface area contributed by atoms with Gasteiger partial charge in [0.05, 0.1) is 5.56 Å². The van der Waals surface area contributed by atoms with Crippen molar-refractivity contribution in [2.24, 2.45) is 0 Å². The van der Waals surface area contributed by atoms with Crippen molar-refractivity contribution in [3.8, 4) is 0 Å². The van der Waals surface area contributed by atoms with Crippen molar-refractivity contribution in [1.29, 1.82) is 0 Å². The fraction of sp³-hybridized carbons (Fsp3) is 0.308. The molecule has 0 radical (unpaired) electrons. The molecular weight excluding hydrogens is 264 g/mol. The van der Waals surface area contributed by atoms with E-state index >= 15 is 0 Å². The summed E-state index contributed by atoms with van der Waals surface area (Å²) in [7, 11) is 0.